The maximum atomic E-state index is 13.2. The predicted octanol–water partition coefficient (Wildman–Crippen LogP) is 4.69. The summed E-state index contributed by atoms with van der Waals surface area (Å²) in [6, 6.07) is 11.8. The Hall–Kier alpha value is -2.38. The second-order valence-electron chi connectivity index (χ2n) is 5.82. The minimum absolute atomic E-state index is 0.150. The van der Waals surface area contributed by atoms with Gasteiger partial charge in [0, 0.05) is 5.56 Å². The van der Waals surface area contributed by atoms with Crippen molar-refractivity contribution in [3.05, 3.63) is 59.4 Å². The van der Waals surface area contributed by atoms with Crippen LogP contribution in [-0.4, -0.2) is 16.0 Å². The lowest BCUT2D eigenvalue weighted by Crippen LogP contribution is -2.34. The molecular formula is C18H16FN3OS2. The molecule has 1 amide bonds. The van der Waals surface area contributed by atoms with E-state index in [-0.39, 0.29) is 16.8 Å². The predicted molar refractivity (Wildman–Crippen MR) is 104 cm³/mol. The molecule has 0 aliphatic carbocycles. The second kappa shape index (κ2) is 7.25. The minimum Gasteiger partial charge on any atom is -0.308 e. The highest BCUT2D eigenvalue weighted by Crippen LogP contribution is 2.26. The maximum Gasteiger partial charge on any atom is 0.257 e. The summed E-state index contributed by atoms with van der Waals surface area (Å²) in [5.74, 6) is -0.202. The number of fused-ring (bicyclic) bond motifs is 1. The van der Waals surface area contributed by atoms with Gasteiger partial charge in [0.15, 0.2) is 10.2 Å². The Kier molecular flexibility index (Phi) is 5.06. The van der Waals surface area contributed by atoms with Gasteiger partial charge in [0.2, 0.25) is 0 Å². The van der Waals surface area contributed by atoms with Crippen molar-refractivity contribution in [2.24, 2.45) is 0 Å². The molecule has 0 saturated heterocycles. The lowest BCUT2D eigenvalue weighted by molar-refractivity contribution is 0.0977. The van der Waals surface area contributed by atoms with E-state index in [9.17, 15) is 9.18 Å². The Morgan fingerprint density at radius 3 is 2.60 bits per heavy atom. The van der Waals surface area contributed by atoms with Crippen LogP contribution in [0.2, 0.25) is 0 Å². The van der Waals surface area contributed by atoms with E-state index >= 15 is 0 Å². The molecule has 0 atom stereocenters. The summed E-state index contributed by atoms with van der Waals surface area (Å²) in [4.78, 5) is 16.5. The van der Waals surface area contributed by atoms with Crippen molar-refractivity contribution in [2.75, 3.05) is 5.32 Å². The molecule has 0 aliphatic rings. The van der Waals surface area contributed by atoms with Crippen LogP contribution in [0.15, 0.2) is 42.5 Å². The minimum atomic E-state index is -0.316. The highest BCUT2D eigenvalue weighted by molar-refractivity contribution is 7.80. The molecule has 25 heavy (non-hydrogen) atoms. The van der Waals surface area contributed by atoms with Gasteiger partial charge >= 0.3 is 0 Å². The number of nitrogens with zero attached hydrogens (tertiary/aromatic N) is 1. The lowest BCUT2D eigenvalue weighted by atomic mass is 10.0. The number of aromatic nitrogens is 1. The van der Waals surface area contributed by atoms with Gasteiger partial charge in [-0.2, -0.15) is 0 Å². The van der Waals surface area contributed by atoms with Gasteiger partial charge in [-0.3, -0.25) is 10.1 Å². The molecule has 7 heteroatoms. The Labute approximate surface area is 154 Å². The van der Waals surface area contributed by atoms with Gasteiger partial charge in [-0.25, -0.2) is 9.37 Å². The smallest absolute Gasteiger partial charge is 0.257 e. The summed E-state index contributed by atoms with van der Waals surface area (Å²) in [5.41, 5.74) is 2.37. The van der Waals surface area contributed by atoms with Crippen molar-refractivity contribution in [3.8, 4) is 0 Å². The molecule has 128 valence electrons. The van der Waals surface area contributed by atoms with E-state index < -0.39 is 0 Å². The Balaban J connectivity index is 1.65. The number of benzene rings is 2. The number of amides is 1. The molecule has 3 rings (SSSR count). The molecule has 0 bridgehead atoms. The highest BCUT2D eigenvalue weighted by Gasteiger charge is 2.11. The van der Waals surface area contributed by atoms with E-state index in [4.69, 9.17) is 12.2 Å². The van der Waals surface area contributed by atoms with Crippen LogP contribution in [0.1, 0.15) is 35.7 Å². The molecule has 0 fully saturated rings. The van der Waals surface area contributed by atoms with E-state index in [2.05, 4.69) is 29.5 Å². The molecule has 4 nitrogen and oxygen atoms in total. The van der Waals surface area contributed by atoms with E-state index in [1.54, 1.807) is 18.2 Å². The number of rotatable bonds is 3. The van der Waals surface area contributed by atoms with Gasteiger partial charge in [-0.1, -0.05) is 37.3 Å². The zero-order valence-corrected chi connectivity index (χ0v) is 15.3. The molecule has 0 spiro atoms. The summed E-state index contributed by atoms with van der Waals surface area (Å²) in [5, 5.41) is 6.14. The third-order valence-electron chi connectivity index (χ3n) is 3.64. The molecule has 0 radical (unpaired) electrons. The van der Waals surface area contributed by atoms with Crippen molar-refractivity contribution in [2.45, 2.75) is 19.8 Å². The van der Waals surface area contributed by atoms with Crippen LogP contribution in [-0.2, 0) is 0 Å². The first kappa shape index (κ1) is 17.4. The molecule has 1 aromatic heterocycles. The SMILES string of the molecule is CC(C)c1ccc(C(=O)NC(=S)Nc2nc3ccc(F)cc3s2)cc1. The number of anilines is 1. The largest absolute Gasteiger partial charge is 0.308 e. The molecule has 3 aromatic rings. The van der Waals surface area contributed by atoms with Crippen LogP contribution in [0.25, 0.3) is 10.2 Å². The van der Waals surface area contributed by atoms with Crippen LogP contribution in [0.5, 0.6) is 0 Å². The van der Waals surface area contributed by atoms with Crippen LogP contribution in [0.4, 0.5) is 9.52 Å². The van der Waals surface area contributed by atoms with Crippen molar-refractivity contribution in [3.63, 3.8) is 0 Å². The summed E-state index contributed by atoms with van der Waals surface area (Å²) >= 11 is 6.43. The van der Waals surface area contributed by atoms with E-state index in [1.807, 2.05) is 12.1 Å². The number of halogens is 1. The molecule has 2 aromatic carbocycles. The molecule has 0 aliphatic heterocycles. The summed E-state index contributed by atoms with van der Waals surface area (Å²) < 4.78 is 13.9. The summed E-state index contributed by atoms with van der Waals surface area (Å²) in [6.45, 7) is 4.19. The third kappa shape index (κ3) is 4.18. The highest BCUT2D eigenvalue weighted by atomic mass is 32.1. The van der Waals surface area contributed by atoms with E-state index in [0.717, 1.165) is 0 Å². The number of thiazole rings is 1. The lowest BCUT2D eigenvalue weighted by Gasteiger charge is -2.09. The van der Waals surface area contributed by atoms with Gasteiger partial charge < -0.3 is 5.32 Å². The Morgan fingerprint density at radius 2 is 1.92 bits per heavy atom. The van der Waals surface area contributed by atoms with Gasteiger partial charge in [-0.15, -0.1) is 0 Å². The van der Waals surface area contributed by atoms with Gasteiger partial charge in [0.1, 0.15) is 5.82 Å². The van der Waals surface area contributed by atoms with Crippen LogP contribution in [0, 0.1) is 5.82 Å². The zero-order chi connectivity index (χ0) is 18.0. The number of hydrogen-bond donors (Lipinski definition) is 2. The number of hydrogen-bond acceptors (Lipinski definition) is 4. The maximum absolute atomic E-state index is 13.2. The van der Waals surface area contributed by atoms with Crippen LogP contribution in [0.3, 0.4) is 0 Å². The second-order valence-corrected chi connectivity index (χ2v) is 7.25. The Morgan fingerprint density at radius 1 is 1.20 bits per heavy atom. The van der Waals surface area contributed by atoms with Crippen molar-refractivity contribution in [1.29, 1.82) is 0 Å². The fraction of sp³-hybridized carbons (Fsp3) is 0.167. The first-order chi connectivity index (χ1) is 11.9. The monoisotopic (exact) mass is 373 g/mol. The van der Waals surface area contributed by atoms with Crippen molar-refractivity contribution >= 4 is 49.9 Å². The number of thiocarbonyl (C=S) groups is 1. The van der Waals surface area contributed by atoms with E-state index in [1.165, 1.54) is 29.0 Å². The molecule has 0 unspecified atom stereocenters. The van der Waals surface area contributed by atoms with Crippen molar-refractivity contribution < 1.29 is 9.18 Å². The molecule has 2 N–H and O–H groups in total. The molecule has 1 heterocycles. The number of nitrogens with one attached hydrogen (secondary N) is 2. The zero-order valence-electron chi connectivity index (χ0n) is 13.7. The van der Waals surface area contributed by atoms with Crippen LogP contribution < -0.4 is 10.6 Å². The van der Waals surface area contributed by atoms with Gasteiger partial charge in [0.05, 0.1) is 10.2 Å². The molecular weight excluding hydrogens is 357 g/mol. The first-order valence-electron chi connectivity index (χ1n) is 7.71. The fourth-order valence-electron chi connectivity index (χ4n) is 2.27. The number of carbonyl (C=O) groups is 1. The topological polar surface area (TPSA) is 54.0 Å². The van der Waals surface area contributed by atoms with Crippen molar-refractivity contribution in [1.82, 2.24) is 10.3 Å². The van der Waals surface area contributed by atoms with Crippen LogP contribution >= 0.6 is 23.6 Å². The first-order valence-corrected chi connectivity index (χ1v) is 8.93. The Bertz CT molecular complexity index is 935. The summed E-state index contributed by atoms with van der Waals surface area (Å²) in [6.07, 6.45) is 0. The standard InChI is InChI=1S/C18H16FN3OS2/c1-10(2)11-3-5-12(6-4-11)16(23)21-17(24)22-18-20-14-8-7-13(19)9-15(14)25-18/h3-10H,1-2H3,(H2,20,21,22,23,24). The average Bonchev–Trinajstić information content (AvgIpc) is 2.95. The normalized spacial score (nSPS) is 10.9. The van der Waals surface area contributed by atoms with Gasteiger partial charge in [-0.05, 0) is 54.0 Å². The number of carbonyl (C=O) groups excluding carboxylic acids is 1. The average molecular weight is 373 g/mol. The van der Waals surface area contributed by atoms with E-state index in [0.29, 0.717) is 26.8 Å². The quantitative estimate of drug-likeness (QED) is 0.654. The summed E-state index contributed by atoms with van der Waals surface area (Å²) in [7, 11) is 0. The van der Waals surface area contributed by atoms with Gasteiger partial charge in [0.25, 0.3) is 5.91 Å². The third-order valence-corrected chi connectivity index (χ3v) is 4.78. The molecule has 0 saturated carbocycles. The fourth-order valence-corrected chi connectivity index (χ4v) is 3.42.